The van der Waals surface area contributed by atoms with E-state index in [1.54, 1.807) is 19.2 Å². The van der Waals surface area contributed by atoms with E-state index in [2.05, 4.69) is 12.2 Å². The summed E-state index contributed by atoms with van der Waals surface area (Å²) in [5.74, 6) is -0.420. The van der Waals surface area contributed by atoms with E-state index in [9.17, 15) is 9.59 Å². The Morgan fingerprint density at radius 1 is 1.21 bits per heavy atom. The Balaban J connectivity index is 2.10. The van der Waals surface area contributed by atoms with Crippen molar-refractivity contribution in [3.8, 4) is 0 Å². The van der Waals surface area contributed by atoms with Gasteiger partial charge in [-0.2, -0.15) is 0 Å². The van der Waals surface area contributed by atoms with E-state index >= 15 is 0 Å². The molecule has 1 heterocycles. The lowest BCUT2D eigenvalue weighted by atomic mass is 9.89. The van der Waals surface area contributed by atoms with Crippen molar-refractivity contribution >= 4 is 11.8 Å². The molecule has 1 aromatic rings. The molecule has 0 aliphatic carbocycles. The van der Waals surface area contributed by atoms with Gasteiger partial charge >= 0.3 is 5.97 Å². The molecule has 0 spiro atoms. The van der Waals surface area contributed by atoms with Crippen molar-refractivity contribution in [3.05, 3.63) is 35.9 Å². The number of ether oxygens (including phenoxy) is 4. The lowest BCUT2D eigenvalue weighted by molar-refractivity contribution is -0.255. The molecular weight excluding hydrogens is 374 g/mol. The Hall–Kier alpha value is -1.80. The van der Waals surface area contributed by atoms with E-state index in [0.717, 1.165) is 12.8 Å². The van der Waals surface area contributed by atoms with Gasteiger partial charge in [-0.05, 0) is 6.42 Å². The monoisotopic (exact) mass is 407 g/mol. The maximum Gasteiger partial charge on any atom is 0.302 e. The summed E-state index contributed by atoms with van der Waals surface area (Å²) in [6.45, 7) is 6.37. The Morgan fingerprint density at radius 2 is 1.93 bits per heavy atom. The molecule has 2 unspecified atom stereocenters. The number of methoxy groups -OCH3 is 1. The van der Waals surface area contributed by atoms with E-state index in [1.165, 1.54) is 6.92 Å². The molecule has 1 saturated heterocycles. The number of carbonyl (C=O) groups excluding carboxylic acids is 2. The van der Waals surface area contributed by atoms with Crippen LogP contribution in [0.1, 0.15) is 44.0 Å². The summed E-state index contributed by atoms with van der Waals surface area (Å²) in [5, 5.41) is 3.28. The molecule has 0 amide bonds. The highest BCUT2D eigenvalue weighted by molar-refractivity contribution is 5.97. The Bertz CT molecular complexity index is 637. The standard InChI is InChI=1S/C22H33NO6/c1-5-6-12-27-21-15(2)19(14-28-16(3)24)29-22(26-4)20(21)23-13-18(25)17-10-8-7-9-11-17/h7-11,15,19-23H,5-6,12-14H2,1-4H3/t15-,19?,20+,21+,22?/m1/s1. The molecule has 0 radical (unpaired) electrons. The van der Waals surface area contributed by atoms with Crippen LogP contribution in [0.25, 0.3) is 0 Å². The maximum absolute atomic E-state index is 12.5. The van der Waals surface area contributed by atoms with Crippen LogP contribution in [0.2, 0.25) is 0 Å². The molecule has 1 aliphatic rings. The van der Waals surface area contributed by atoms with Gasteiger partial charge in [0.05, 0.1) is 24.8 Å². The van der Waals surface area contributed by atoms with E-state index in [4.69, 9.17) is 18.9 Å². The van der Waals surface area contributed by atoms with Crippen LogP contribution in [-0.2, 0) is 23.7 Å². The van der Waals surface area contributed by atoms with Crippen molar-refractivity contribution < 1.29 is 28.5 Å². The zero-order chi connectivity index (χ0) is 21.2. The summed E-state index contributed by atoms with van der Waals surface area (Å²) in [5.41, 5.74) is 0.648. The fraction of sp³-hybridized carbons (Fsp3) is 0.636. The average molecular weight is 408 g/mol. The second-order valence-corrected chi connectivity index (χ2v) is 7.33. The fourth-order valence-corrected chi connectivity index (χ4v) is 3.44. The highest BCUT2D eigenvalue weighted by Crippen LogP contribution is 2.29. The van der Waals surface area contributed by atoms with Crippen LogP contribution < -0.4 is 5.32 Å². The number of ketones is 1. The smallest absolute Gasteiger partial charge is 0.302 e. The first kappa shape index (κ1) is 23.5. The van der Waals surface area contributed by atoms with E-state index < -0.39 is 6.29 Å². The zero-order valence-electron chi connectivity index (χ0n) is 17.8. The van der Waals surface area contributed by atoms with Crippen molar-refractivity contribution in [2.24, 2.45) is 5.92 Å². The zero-order valence-corrected chi connectivity index (χ0v) is 17.8. The van der Waals surface area contributed by atoms with E-state index in [0.29, 0.717) is 12.2 Å². The predicted octanol–water partition coefficient (Wildman–Crippen LogP) is 2.58. The topological polar surface area (TPSA) is 83.1 Å². The number of esters is 1. The van der Waals surface area contributed by atoms with Gasteiger partial charge in [0.25, 0.3) is 0 Å². The number of hydrogen-bond acceptors (Lipinski definition) is 7. The van der Waals surface area contributed by atoms with Crippen LogP contribution in [-0.4, -0.2) is 63.2 Å². The number of unbranched alkanes of at least 4 members (excludes halogenated alkanes) is 1. The van der Waals surface area contributed by atoms with Crippen LogP contribution in [0, 0.1) is 5.92 Å². The van der Waals surface area contributed by atoms with Gasteiger partial charge in [0.1, 0.15) is 6.61 Å². The van der Waals surface area contributed by atoms with Crippen molar-refractivity contribution in [1.29, 1.82) is 0 Å². The average Bonchev–Trinajstić information content (AvgIpc) is 2.73. The minimum Gasteiger partial charge on any atom is -0.463 e. The largest absolute Gasteiger partial charge is 0.463 e. The molecule has 29 heavy (non-hydrogen) atoms. The maximum atomic E-state index is 12.5. The Labute approximate surface area is 173 Å². The predicted molar refractivity (Wildman–Crippen MR) is 109 cm³/mol. The molecule has 7 nitrogen and oxygen atoms in total. The molecule has 1 aromatic carbocycles. The number of hydrogen-bond donors (Lipinski definition) is 1. The molecular formula is C22H33NO6. The van der Waals surface area contributed by atoms with Gasteiger partial charge < -0.3 is 24.3 Å². The van der Waals surface area contributed by atoms with Crippen molar-refractivity contribution in [3.63, 3.8) is 0 Å². The van der Waals surface area contributed by atoms with Gasteiger partial charge in [-0.3, -0.25) is 9.59 Å². The quantitative estimate of drug-likeness (QED) is 0.343. The normalized spacial score (nSPS) is 26.8. The molecule has 162 valence electrons. The first-order chi connectivity index (χ1) is 14.0. The number of nitrogens with one attached hydrogen (secondary N) is 1. The van der Waals surface area contributed by atoms with E-state index in [1.807, 2.05) is 25.1 Å². The summed E-state index contributed by atoms with van der Waals surface area (Å²) in [4.78, 5) is 23.8. The molecule has 2 rings (SSSR count). The van der Waals surface area contributed by atoms with Crippen LogP contribution in [0.3, 0.4) is 0 Å². The molecule has 1 N–H and O–H groups in total. The van der Waals surface area contributed by atoms with Crippen LogP contribution in [0.4, 0.5) is 0 Å². The second kappa shape index (κ2) is 12.0. The van der Waals surface area contributed by atoms with Crippen molar-refractivity contribution in [1.82, 2.24) is 5.32 Å². The summed E-state index contributed by atoms with van der Waals surface area (Å²) < 4.78 is 22.9. The first-order valence-corrected chi connectivity index (χ1v) is 10.2. The summed E-state index contributed by atoms with van der Waals surface area (Å²) in [6, 6.07) is 8.82. The van der Waals surface area contributed by atoms with Gasteiger partial charge in [-0.15, -0.1) is 0 Å². The SMILES string of the molecule is CCCCO[C@H]1[C@H](C)C(COC(C)=O)OC(OC)[C@H]1NCC(=O)c1ccccc1. The minimum atomic E-state index is -0.623. The lowest BCUT2D eigenvalue weighted by Gasteiger charge is -2.45. The van der Waals surface area contributed by atoms with Crippen LogP contribution >= 0.6 is 0 Å². The Kier molecular flexibility index (Phi) is 9.73. The van der Waals surface area contributed by atoms with Crippen LogP contribution in [0.15, 0.2) is 30.3 Å². The van der Waals surface area contributed by atoms with Gasteiger partial charge in [-0.1, -0.05) is 50.6 Å². The van der Waals surface area contributed by atoms with Gasteiger partial charge in [0, 0.05) is 32.1 Å². The number of benzene rings is 1. The van der Waals surface area contributed by atoms with E-state index in [-0.39, 0.29) is 49.1 Å². The first-order valence-electron chi connectivity index (χ1n) is 10.2. The number of Topliss-reactive ketones (excluding diaryl/α,β-unsaturated/α-hetero) is 1. The van der Waals surface area contributed by atoms with Gasteiger partial charge in [0.15, 0.2) is 12.1 Å². The molecule has 0 bridgehead atoms. The highest BCUT2D eigenvalue weighted by atomic mass is 16.7. The summed E-state index contributed by atoms with van der Waals surface area (Å²) in [7, 11) is 1.56. The molecule has 1 aliphatic heterocycles. The van der Waals surface area contributed by atoms with Crippen LogP contribution in [0.5, 0.6) is 0 Å². The highest BCUT2D eigenvalue weighted by Gasteiger charge is 2.45. The third-order valence-electron chi connectivity index (χ3n) is 5.15. The van der Waals surface area contributed by atoms with Gasteiger partial charge in [-0.25, -0.2) is 0 Å². The third-order valence-corrected chi connectivity index (χ3v) is 5.15. The second-order valence-electron chi connectivity index (χ2n) is 7.33. The van der Waals surface area contributed by atoms with Crippen molar-refractivity contribution in [2.75, 3.05) is 26.9 Å². The van der Waals surface area contributed by atoms with Crippen molar-refractivity contribution in [2.45, 2.75) is 58.2 Å². The molecule has 1 fully saturated rings. The molecule has 0 saturated carbocycles. The number of rotatable bonds is 11. The lowest BCUT2D eigenvalue weighted by Crippen LogP contribution is -2.62. The summed E-state index contributed by atoms with van der Waals surface area (Å²) >= 11 is 0. The molecule has 7 heteroatoms. The minimum absolute atomic E-state index is 0.0116. The molecule has 5 atom stereocenters. The summed E-state index contributed by atoms with van der Waals surface area (Å²) in [6.07, 6.45) is 0.739. The Morgan fingerprint density at radius 3 is 2.55 bits per heavy atom. The van der Waals surface area contributed by atoms with Gasteiger partial charge in [0.2, 0.25) is 0 Å². The molecule has 0 aromatic heterocycles. The third kappa shape index (κ3) is 6.89. The number of carbonyl (C=O) groups is 2. The fourth-order valence-electron chi connectivity index (χ4n) is 3.44.